The van der Waals surface area contributed by atoms with Crippen molar-refractivity contribution in [1.82, 2.24) is 20.4 Å². The summed E-state index contributed by atoms with van der Waals surface area (Å²) in [5.74, 6) is -0.647. The lowest BCUT2D eigenvalue weighted by molar-refractivity contribution is -0.383. The number of nitrogens with zero attached hydrogens (tertiary/aromatic N) is 4. The maximum Gasteiger partial charge on any atom is 0.355 e. The number of benzene rings is 2. The lowest BCUT2D eigenvalue weighted by atomic mass is 10.1. The number of carbonyl (C=O) groups excluding carboxylic acids is 1. The maximum atomic E-state index is 12.3. The summed E-state index contributed by atoms with van der Waals surface area (Å²) in [6.45, 7) is 3.88. The third-order valence-electron chi connectivity index (χ3n) is 4.38. The van der Waals surface area contributed by atoms with E-state index < -0.39 is 16.5 Å². The Morgan fingerprint density at radius 2 is 1.74 bits per heavy atom. The van der Waals surface area contributed by atoms with Gasteiger partial charge in [-0.25, -0.2) is 15.0 Å². The smallest absolute Gasteiger partial charge is 0.310 e. The van der Waals surface area contributed by atoms with Crippen LogP contribution in [0.1, 0.15) is 21.5 Å². The van der Waals surface area contributed by atoms with E-state index in [0.29, 0.717) is 10.7 Å². The number of hydrogen-bond donors (Lipinski definition) is 3. The van der Waals surface area contributed by atoms with Crippen LogP contribution in [0, 0.1) is 24.0 Å². The minimum Gasteiger partial charge on any atom is -0.310 e. The second kappa shape index (κ2) is 8.32. The molecule has 4 rings (SSSR count). The summed E-state index contributed by atoms with van der Waals surface area (Å²) in [5.41, 5.74) is 7.81. The van der Waals surface area contributed by atoms with Crippen LogP contribution in [0.4, 0.5) is 22.5 Å². The van der Waals surface area contributed by atoms with Crippen molar-refractivity contribution < 1.29 is 9.72 Å². The number of nitrogens with one attached hydrogen (secondary N) is 3. The molecule has 0 aliphatic rings. The highest BCUT2D eigenvalue weighted by molar-refractivity contribution is 7.22. The number of carbonyl (C=O) groups is 1. The Kier molecular flexibility index (Phi) is 5.41. The number of rotatable bonds is 6. The third kappa shape index (κ3) is 4.41. The fraction of sp³-hybridized carbons (Fsp3) is 0.100. The molecule has 11 heteroatoms. The summed E-state index contributed by atoms with van der Waals surface area (Å²) in [5, 5.41) is 15.1. The van der Waals surface area contributed by atoms with Crippen molar-refractivity contribution in [3.8, 4) is 0 Å². The number of amides is 1. The fourth-order valence-electron chi connectivity index (χ4n) is 2.81. The number of aryl methyl sites for hydroxylation is 2. The quantitative estimate of drug-likeness (QED) is 0.304. The van der Waals surface area contributed by atoms with Crippen molar-refractivity contribution in [2.75, 3.05) is 10.7 Å². The van der Waals surface area contributed by atoms with Gasteiger partial charge in [-0.2, -0.15) is 0 Å². The van der Waals surface area contributed by atoms with Crippen LogP contribution in [-0.2, 0) is 0 Å². The standard InChI is InChI=1S/C20H17N7O3S/c1-11-3-6-13(7-4-11)19(28)26-25-18-16(27(29)30)17(21-10-22-18)24-20-23-14-8-5-12(2)9-15(14)31-20/h3-10H,1-2H3,(H,26,28)(H2,21,22,23,24,25). The lowest BCUT2D eigenvalue weighted by Gasteiger charge is -2.10. The average molecular weight is 435 g/mol. The van der Waals surface area contributed by atoms with Crippen LogP contribution < -0.4 is 16.2 Å². The van der Waals surface area contributed by atoms with Gasteiger partial charge in [0, 0.05) is 5.56 Å². The molecule has 1 amide bonds. The number of nitro groups is 1. The highest BCUT2D eigenvalue weighted by Gasteiger charge is 2.24. The minimum absolute atomic E-state index is 0.0390. The van der Waals surface area contributed by atoms with Crippen LogP contribution in [0.5, 0.6) is 0 Å². The first kappa shape index (κ1) is 20.2. The molecule has 156 valence electrons. The number of hydrogen-bond acceptors (Lipinski definition) is 9. The molecule has 0 bridgehead atoms. The highest BCUT2D eigenvalue weighted by Crippen LogP contribution is 2.34. The van der Waals surface area contributed by atoms with Gasteiger partial charge >= 0.3 is 5.69 Å². The second-order valence-corrected chi connectivity index (χ2v) is 7.77. The molecule has 4 aromatic rings. The van der Waals surface area contributed by atoms with Gasteiger partial charge in [-0.1, -0.05) is 35.1 Å². The van der Waals surface area contributed by atoms with Gasteiger partial charge in [0.1, 0.15) is 6.33 Å². The number of fused-ring (bicyclic) bond motifs is 1. The Morgan fingerprint density at radius 3 is 2.48 bits per heavy atom. The summed E-state index contributed by atoms with van der Waals surface area (Å²) >= 11 is 1.35. The minimum atomic E-state index is -0.625. The molecule has 0 saturated carbocycles. The van der Waals surface area contributed by atoms with Gasteiger partial charge in [-0.15, -0.1) is 0 Å². The van der Waals surface area contributed by atoms with Crippen molar-refractivity contribution in [3.63, 3.8) is 0 Å². The van der Waals surface area contributed by atoms with Crippen molar-refractivity contribution in [1.29, 1.82) is 0 Å². The molecule has 2 aromatic carbocycles. The number of hydrazine groups is 1. The van der Waals surface area contributed by atoms with Crippen molar-refractivity contribution in [2.45, 2.75) is 13.8 Å². The predicted molar refractivity (Wildman–Crippen MR) is 119 cm³/mol. The fourth-order valence-corrected chi connectivity index (χ4v) is 3.78. The van der Waals surface area contributed by atoms with Gasteiger partial charge in [-0.05, 0) is 43.7 Å². The van der Waals surface area contributed by atoms with E-state index >= 15 is 0 Å². The predicted octanol–water partition coefficient (Wildman–Crippen LogP) is 4.11. The molecule has 2 aromatic heterocycles. The van der Waals surface area contributed by atoms with Crippen LogP contribution in [0.2, 0.25) is 0 Å². The van der Waals surface area contributed by atoms with Gasteiger partial charge in [0.2, 0.25) is 11.6 Å². The Labute approximate surface area is 180 Å². The molecule has 10 nitrogen and oxygen atoms in total. The first-order chi connectivity index (χ1) is 14.9. The maximum absolute atomic E-state index is 12.3. The van der Waals surface area contributed by atoms with Crippen molar-refractivity contribution in [2.24, 2.45) is 0 Å². The summed E-state index contributed by atoms with van der Waals surface area (Å²) in [6, 6.07) is 12.7. The molecular formula is C20H17N7O3S. The zero-order chi connectivity index (χ0) is 22.0. The first-order valence-corrected chi connectivity index (χ1v) is 9.99. The Bertz CT molecular complexity index is 1290. The zero-order valence-corrected chi connectivity index (χ0v) is 17.4. The highest BCUT2D eigenvalue weighted by atomic mass is 32.1. The van der Waals surface area contributed by atoms with E-state index in [1.54, 1.807) is 24.3 Å². The Hall–Kier alpha value is -4.12. The summed E-state index contributed by atoms with van der Waals surface area (Å²) in [7, 11) is 0. The van der Waals surface area contributed by atoms with Gasteiger partial charge in [0.25, 0.3) is 5.91 Å². The van der Waals surface area contributed by atoms with Gasteiger partial charge in [0.05, 0.1) is 15.1 Å². The molecule has 31 heavy (non-hydrogen) atoms. The number of thiazole rings is 1. The lowest BCUT2D eigenvalue weighted by Crippen LogP contribution is -2.30. The van der Waals surface area contributed by atoms with E-state index in [9.17, 15) is 14.9 Å². The van der Waals surface area contributed by atoms with Crippen LogP contribution >= 0.6 is 11.3 Å². The summed E-state index contributed by atoms with van der Waals surface area (Å²) in [4.78, 5) is 35.7. The van der Waals surface area contributed by atoms with Gasteiger partial charge in [-0.3, -0.25) is 25.8 Å². The number of anilines is 3. The van der Waals surface area contributed by atoms with Crippen molar-refractivity contribution >= 4 is 49.9 Å². The van der Waals surface area contributed by atoms with Crippen LogP contribution in [0.15, 0.2) is 48.8 Å². The Morgan fingerprint density at radius 1 is 1.03 bits per heavy atom. The molecule has 0 fully saturated rings. The molecule has 0 unspecified atom stereocenters. The molecule has 0 spiro atoms. The zero-order valence-electron chi connectivity index (χ0n) is 16.5. The molecule has 3 N–H and O–H groups in total. The van der Waals surface area contributed by atoms with Crippen molar-refractivity contribution in [3.05, 3.63) is 75.6 Å². The molecule has 0 aliphatic carbocycles. The molecule has 0 saturated heterocycles. The van der Waals surface area contributed by atoms with Gasteiger partial charge in [0.15, 0.2) is 5.13 Å². The first-order valence-electron chi connectivity index (χ1n) is 9.17. The van der Waals surface area contributed by atoms with E-state index in [1.165, 1.54) is 11.3 Å². The average Bonchev–Trinajstić information content (AvgIpc) is 3.13. The van der Waals surface area contributed by atoms with Gasteiger partial charge < -0.3 is 5.32 Å². The van der Waals surface area contributed by atoms with E-state index in [4.69, 9.17) is 0 Å². The van der Waals surface area contributed by atoms with Crippen LogP contribution in [-0.4, -0.2) is 25.8 Å². The van der Waals surface area contributed by atoms with E-state index in [0.717, 1.165) is 27.7 Å². The molecule has 0 radical (unpaired) electrons. The molecule has 0 aliphatic heterocycles. The van der Waals surface area contributed by atoms with E-state index in [-0.39, 0.29) is 11.6 Å². The Balaban J connectivity index is 1.57. The monoisotopic (exact) mass is 435 g/mol. The normalized spacial score (nSPS) is 10.6. The van der Waals surface area contributed by atoms with Crippen LogP contribution in [0.3, 0.4) is 0 Å². The largest absolute Gasteiger partial charge is 0.355 e. The van der Waals surface area contributed by atoms with Crippen LogP contribution in [0.25, 0.3) is 10.2 Å². The topological polar surface area (TPSA) is 135 Å². The second-order valence-electron chi connectivity index (χ2n) is 6.74. The SMILES string of the molecule is Cc1ccc(C(=O)NNc2ncnc(Nc3nc4ccc(C)cc4s3)c2[N+](=O)[O-])cc1. The molecular weight excluding hydrogens is 418 g/mol. The number of aromatic nitrogens is 3. The third-order valence-corrected chi connectivity index (χ3v) is 5.32. The molecule has 0 atom stereocenters. The summed E-state index contributed by atoms with van der Waals surface area (Å²) in [6.07, 6.45) is 1.16. The molecule has 2 heterocycles. The van der Waals surface area contributed by atoms with E-state index in [2.05, 4.69) is 31.1 Å². The van der Waals surface area contributed by atoms with E-state index in [1.807, 2.05) is 32.0 Å². The summed E-state index contributed by atoms with van der Waals surface area (Å²) < 4.78 is 0.947.